The number of para-hydroxylation sites is 1. The molecule has 14 atom stereocenters. The lowest BCUT2D eigenvalue weighted by Crippen LogP contribution is -2.67. The molecule has 4 aromatic carbocycles. The van der Waals surface area contributed by atoms with Crippen LogP contribution < -0.4 is 108 Å². The standard InChI is InChI=1S/C95H136N20O20S2/c1-53(116)78-89(130)109-71(48-61-52-103-65-26-16-15-25-64(61)65)85(126)105-67(36-37-74(97)118)83(124)114-80(94(5,6)137-136-93(3,4)79(104-54(2)117)90(131)111-73(51-77(100)121)87(128)113-78)91(132)110-69(46-55-29-34-63(35-30-55)135-44-40-96)84(125)107-70(47-56-28-31-59-22-11-12-23-60(59)45-56)88(129)115-95(38-42-134-43-39-95)92(133)112-66(82(123)108-72(50-76(99)120)86(127)106-68(81(101)122)49-75(98)119)27-17-18-41-102-62-24-14-13-21-58(32-33-62)57-19-9-7-8-10-20-57/h11-12,15-16,22-23,25-26,28-31,34-35,45,52-53,57-58,62,66-73,78-80,102-103,116H,7-10,13-14,17-21,24,27,32-33,36-44,46-51,96H2,1-6H3,(H2,97,118)(H2,98,119)(H2,99,120)(H2,100,121)(H2,101,122)(H,104,117)(H,105,126)(H,106,127)(H,107,125)(H,108,123)(H,109,130)(H,110,132)(H,111,131)(H,112,133)(H,113,128)(H,114,124)(H,115,129). The predicted molar refractivity (Wildman–Crippen MR) is 514 cm³/mol. The molecular formula is C95H136N20O20S2. The van der Waals surface area contributed by atoms with Gasteiger partial charge in [0, 0.05) is 97.8 Å². The Labute approximate surface area is 804 Å². The normalized spacial score (nSPS) is 22.3. The minimum atomic E-state index is -1.98. The third-order valence-corrected chi connectivity index (χ3v) is 29.7. The van der Waals surface area contributed by atoms with Crippen molar-refractivity contribution in [2.24, 2.45) is 46.2 Å². The summed E-state index contributed by atoms with van der Waals surface area (Å²) < 4.78 is 8.37. The second kappa shape index (κ2) is 52.0. The predicted octanol–water partition coefficient (Wildman–Crippen LogP) is 0.484. The molecule has 2 saturated heterocycles. The molecule has 4 aliphatic rings. The van der Waals surface area contributed by atoms with Crippen molar-refractivity contribution in [2.45, 2.75) is 296 Å². The zero-order valence-corrected chi connectivity index (χ0v) is 80.2. The number of aliphatic hydroxyl groups is 1. The number of ether oxygens (including phenoxy) is 2. The summed E-state index contributed by atoms with van der Waals surface area (Å²) in [7, 11) is 1.75. The molecule has 27 N–H and O–H groups in total. The van der Waals surface area contributed by atoms with Gasteiger partial charge in [-0.1, -0.05) is 152 Å². The van der Waals surface area contributed by atoms with E-state index in [-0.39, 0.29) is 70.9 Å². The van der Waals surface area contributed by atoms with Gasteiger partial charge in [-0.3, -0.25) is 81.5 Å². The highest BCUT2D eigenvalue weighted by Crippen LogP contribution is 2.47. The molecule has 3 heterocycles. The van der Waals surface area contributed by atoms with E-state index in [0.29, 0.717) is 58.1 Å². The van der Waals surface area contributed by atoms with Crippen molar-refractivity contribution in [1.29, 1.82) is 0 Å². The molecule has 17 amide bonds. The van der Waals surface area contributed by atoms with Crippen LogP contribution >= 0.6 is 21.6 Å². The fourth-order valence-corrected chi connectivity index (χ4v) is 20.6. The van der Waals surface area contributed by atoms with Crippen molar-refractivity contribution < 1.29 is 96.1 Å². The molecule has 1 aromatic heterocycles. The Morgan fingerprint density at radius 2 is 1.12 bits per heavy atom. The van der Waals surface area contributed by atoms with Gasteiger partial charge in [0.15, 0.2) is 0 Å². The summed E-state index contributed by atoms with van der Waals surface area (Å²) in [6.07, 6.45) is 9.39. The number of aromatic nitrogens is 1. The first kappa shape index (κ1) is 109. The molecule has 42 heteroatoms. The summed E-state index contributed by atoms with van der Waals surface area (Å²) in [6, 6.07) is 6.66. The van der Waals surface area contributed by atoms with Gasteiger partial charge in [-0.05, 0) is 144 Å². The van der Waals surface area contributed by atoms with Crippen LogP contribution in [0.2, 0.25) is 0 Å². The monoisotopic (exact) mass is 1940 g/mol. The van der Waals surface area contributed by atoms with E-state index in [4.69, 9.17) is 43.9 Å². The number of unbranched alkanes of at least 4 members (excludes halogenated alkanes) is 1. The van der Waals surface area contributed by atoms with Crippen molar-refractivity contribution >= 4 is 144 Å². The van der Waals surface area contributed by atoms with Crippen molar-refractivity contribution in [3.05, 3.63) is 114 Å². The van der Waals surface area contributed by atoms with Crippen molar-refractivity contribution in [3.8, 4) is 5.75 Å². The first-order valence-electron chi connectivity index (χ1n) is 47.0. The number of aliphatic hydroxyl groups excluding tert-OH is 1. The Kier molecular flexibility index (Phi) is 41.2. The van der Waals surface area contributed by atoms with E-state index < -0.39 is 227 Å². The summed E-state index contributed by atoms with van der Waals surface area (Å²) >= 11 is 0. The Morgan fingerprint density at radius 3 is 1.78 bits per heavy atom. The van der Waals surface area contributed by atoms with Crippen LogP contribution in [0, 0.1) is 11.8 Å². The van der Waals surface area contributed by atoms with Crippen molar-refractivity contribution in [2.75, 3.05) is 32.9 Å². The molecule has 4 fully saturated rings. The van der Waals surface area contributed by atoms with E-state index in [1.54, 1.807) is 79.0 Å². The van der Waals surface area contributed by atoms with Crippen LogP contribution in [0.25, 0.3) is 21.7 Å². The van der Waals surface area contributed by atoms with E-state index in [2.05, 4.69) is 74.1 Å². The average molecular weight is 1940 g/mol. The maximum absolute atomic E-state index is 16.3. The second-order valence-corrected chi connectivity index (χ2v) is 40.6. The van der Waals surface area contributed by atoms with Gasteiger partial charge in [-0.15, -0.1) is 0 Å². The average Bonchev–Trinajstić information content (AvgIpc) is 1.31. The first-order chi connectivity index (χ1) is 65.1. The number of carbonyl (C=O) groups is 17. The maximum atomic E-state index is 16.3. The quantitative estimate of drug-likeness (QED) is 0.0144. The van der Waals surface area contributed by atoms with Gasteiger partial charge in [-0.2, -0.15) is 0 Å². The highest BCUT2D eigenvalue weighted by molar-refractivity contribution is 8.77. The Bertz CT molecular complexity index is 5080. The van der Waals surface area contributed by atoms with Gasteiger partial charge in [0.1, 0.15) is 84.4 Å². The van der Waals surface area contributed by atoms with E-state index in [0.717, 1.165) is 78.3 Å². The number of amides is 17. The zero-order valence-electron chi connectivity index (χ0n) is 78.6. The number of hydrogen-bond donors (Lipinski definition) is 21. The third kappa shape index (κ3) is 33.1. The number of nitrogens with two attached hydrogens (primary N) is 6. The lowest BCUT2D eigenvalue weighted by atomic mass is 9.77. The van der Waals surface area contributed by atoms with Gasteiger partial charge in [-0.25, -0.2) is 0 Å². The van der Waals surface area contributed by atoms with Crippen molar-refractivity contribution in [1.82, 2.24) is 74.1 Å². The molecule has 0 spiro atoms. The number of aromatic amines is 1. The van der Waals surface area contributed by atoms with Crippen LogP contribution in [-0.2, 0) is 106 Å². The Balaban J connectivity index is 1.10. The molecule has 137 heavy (non-hydrogen) atoms. The third-order valence-electron chi connectivity index (χ3n) is 25.5. The van der Waals surface area contributed by atoms with Crippen LogP contribution in [0.1, 0.15) is 199 Å². The minimum absolute atomic E-state index is 0.0895. The van der Waals surface area contributed by atoms with E-state index in [1.165, 1.54) is 72.6 Å². The summed E-state index contributed by atoms with van der Waals surface area (Å²) in [6.45, 7) is 8.74. The minimum Gasteiger partial charge on any atom is -0.492 e. The SMILES string of the molecule is CC(=O)NC1C(=O)NC(CC(N)=O)C(=O)NC(C(C)O)C(=O)NC(Cc2c[nH]c3ccccc23)C(=O)NC(CCC(N)=O)C(=O)NC(C(=O)NC(Cc2ccc(OCCN)cc2)C(=O)NC(Cc2ccc3ccccc3c2)C(=O)NC2(C(=O)NC(CCCCNC3CCCCC(C4CCCCCC4)CC3)C(=O)NC(CC(N)=O)C(=O)NC(CC(N)=O)C(N)=O)CCOCC2)C(C)(C)SSC1(C)C. The number of rotatable bonds is 40. The van der Waals surface area contributed by atoms with Crippen LogP contribution in [-0.4, -0.2) is 237 Å². The van der Waals surface area contributed by atoms with Crippen molar-refractivity contribution in [3.63, 3.8) is 0 Å². The van der Waals surface area contributed by atoms with Gasteiger partial charge in [0.2, 0.25) is 100 Å². The number of fused-ring (bicyclic) bond motifs is 2. The molecule has 9 rings (SSSR count). The topological polar surface area (TPSA) is 657 Å². The van der Waals surface area contributed by atoms with E-state index in [1.807, 2.05) is 18.2 Å². The lowest BCUT2D eigenvalue weighted by Gasteiger charge is -2.39. The summed E-state index contributed by atoms with van der Waals surface area (Å²) in [5.74, 6) is -16.3. The molecule has 748 valence electrons. The molecule has 2 aliphatic heterocycles. The number of hydrogen-bond acceptors (Lipinski definition) is 24. The molecule has 0 radical (unpaired) electrons. The Morgan fingerprint density at radius 1 is 0.555 bits per heavy atom. The van der Waals surface area contributed by atoms with Crippen LogP contribution in [0.3, 0.4) is 0 Å². The lowest BCUT2D eigenvalue weighted by molar-refractivity contribution is -0.141. The maximum Gasteiger partial charge on any atom is 0.246 e. The largest absolute Gasteiger partial charge is 0.492 e. The number of H-pyrrole nitrogens is 1. The molecule has 2 aliphatic carbocycles. The molecule has 2 saturated carbocycles. The summed E-state index contributed by atoms with van der Waals surface area (Å²) in [5, 5.41) is 48.8. The summed E-state index contributed by atoms with van der Waals surface area (Å²) in [5.41, 5.74) is 33.7. The second-order valence-electron chi connectivity index (χ2n) is 37.2. The fraction of sp³-hybridized carbons (Fsp3) is 0.568. The van der Waals surface area contributed by atoms with Crippen LogP contribution in [0.15, 0.2) is 97.2 Å². The number of nitrogens with one attached hydrogen (secondary N) is 14. The molecule has 40 nitrogen and oxygen atoms in total. The highest BCUT2D eigenvalue weighted by Gasteiger charge is 2.49. The first-order valence-corrected chi connectivity index (χ1v) is 49.1. The Hall–Kier alpha value is -12.0. The van der Waals surface area contributed by atoms with Gasteiger partial charge >= 0.3 is 0 Å². The summed E-state index contributed by atoms with van der Waals surface area (Å²) in [4.78, 5) is 248. The zero-order chi connectivity index (χ0) is 99.8. The fourth-order valence-electron chi connectivity index (χ4n) is 17.8. The van der Waals surface area contributed by atoms with Gasteiger partial charge < -0.3 is 123 Å². The van der Waals surface area contributed by atoms with Crippen LogP contribution in [0.5, 0.6) is 5.75 Å². The molecule has 0 bridgehead atoms. The van der Waals surface area contributed by atoms with Gasteiger partial charge in [0.05, 0.1) is 25.4 Å². The number of primary amides is 5. The number of carbonyl (C=O) groups excluding carboxylic acids is 17. The molecule has 14 unspecified atom stereocenters. The number of benzene rings is 4. The highest BCUT2D eigenvalue weighted by atomic mass is 33.1. The smallest absolute Gasteiger partial charge is 0.246 e. The van der Waals surface area contributed by atoms with Gasteiger partial charge in [0.25, 0.3) is 0 Å². The van der Waals surface area contributed by atoms with Crippen LogP contribution in [0.4, 0.5) is 0 Å². The van der Waals surface area contributed by atoms with E-state index >= 15 is 33.6 Å². The molecular weight excluding hydrogens is 1810 g/mol. The molecule has 5 aromatic rings. The van der Waals surface area contributed by atoms with E-state index in [9.17, 15) is 53.1 Å².